The molecule has 1 unspecified atom stereocenters. The van der Waals surface area contributed by atoms with Crippen LogP contribution < -0.4 is 29.7 Å². The van der Waals surface area contributed by atoms with Crippen molar-refractivity contribution < 1.29 is 42.9 Å². The summed E-state index contributed by atoms with van der Waals surface area (Å²) in [5.74, 6) is -0.762. The maximum absolute atomic E-state index is 13.6. The maximum atomic E-state index is 13.6. The number of halogens is 1. The minimum absolute atomic E-state index is 0.0374. The highest BCUT2D eigenvalue weighted by atomic mass is 35.5. The molecule has 0 bridgehead atoms. The third-order valence-corrected chi connectivity index (χ3v) is 14.5. The molecule has 4 fully saturated rings. The lowest BCUT2D eigenvalue weighted by atomic mass is 9.49. The number of nitriles is 1. The molecule has 3 heterocycles. The van der Waals surface area contributed by atoms with Crippen LogP contribution in [0, 0.1) is 28.1 Å². The van der Waals surface area contributed by atoms with Crippen molar-refractivity contribution in [3.05, 3.63) is 81.9 Å². The molecule has 0 aromatic heterocycles. The van der Waals surface area contributed by atoms with Crippen LogP contribution in [0.4, 0.5) is 5.69 Å². The molecule has 5 amide bonds. The zero-order chi connectivity index (χ0) is 46.4. The van der Waals surface area contributed by atoms with Gasteiger partial charge in [0.05, 0.1) is 35.4 Å². The summed E-state index contributed by atoms with van der Waals surface area (Å²) >= 11 is 6.27. The monoisotopic (exact) mass is 908 g/mol. The summed E-state index contributed by atoms with van der Waals surface area (Å²) in [6.45, 7) is 12.5. The van der Waals surface area contributed by atoms with E-state index in [9.17, 15) is 29.2 Å². The Bertz CT molecular complexity index is 2390. The Hall–Kier alpha value is -5.69. The molecule has 3 aromatic rings. The van der Waals surface area contributed by atoms with Crippen LogP contribution in [0.15, 0.2) is 54.6 Å². The van der Waals surface area contributed by atoms with E-state index >= 15 is 0 Å². The molecule has 5 aliphatic rings. The number of fused-ring (bicyclic) bond motifs is 1. The van der Waals surface area contributed by atoms with E-state index in [0.717, 1.165) is 62.4 Å². The standard InChI is InChI=1S/C49H57ClN6O9/c1-48(2)46(49(3,4)47(48)65-33-12-9-30(26-51)37(50)24-33)53-42(58)29-7-10-31(11-8-29)54-17-15-28(16-18-54)27-55(19-20-62-5)32-21-34(22-32)64-35-23-36-41(39(25-35)63-6)45(61)56(44(36)60)38-13-14-40(57)52-43(38)59/h7-12,23-25,28,32,34,38,46-47H,13-22,27H2,1-6H3,(H,53,58)(H,52,57,59). The van der Waals surface area contributed by atoms with E-state index in [4.69, 9.17) is 30.5 Å². The molecule has 3 aliphatic heterocycles. The normalized spacial score (nSPS) is 24.7. The van der Waals surface area contributed by atoms with E-state index in [1.54, 1.807) is 37.4 Å². The highest BCUT2D eigenvalue weighted by Crippen LogP contribution is 2.55. The smallest absolute Gasteiger partial charge is 0.266 e. The molecule has 3 aromatic carbocycles. The van der Waals surface area contributed by atoms with Gasteiger partial charge in [-0.3, -0.25) is 39.1 Å². The minimum atomic E-state index is -1.07. The molecule has 2 saturated carbocycles. The molecular weight excluding hydrogens is 852 g/mol. The second-order valence-corrected chi connectivity index (χ2v) is 19.5. The van der Waals surface area contributed by atoms with Gasteiger partial charge in [-0.05, 0) is 67.6 Å². The van der Waals surface area contributed by atoms with E-state index in [0.29, 0.717) is 46.2 Å². The zero-order valence-corrected chi connectivity index (χ0v) is 38.5. The Balaban J connectivity index is 0.817. The quantitative estimate of drug-likeness (QED) is 0.170. The Morgan fingerprint density at radius 3 is 2.26 bits per heavy atom. The van der Waals surface area contributed by atoms with Gasteiger partial charge < -0.3 is 29.2 Å². The fourth-order valence-electron chi connectivity index (χ4n) is 10.9. The molecule has 8 rings (SSSR count). The third-order valence-electron chi connectivity index (χ3n) is 14.2. The molecule has 15 nitrogen and oxygen atoms in total. The van der Waals surface area contributed by atoms with Crippen LogP contribution in [0.2, 0.25) is 5.02 Å². The lowest BCUT2D eigenvalue weighted by Crippen LogP contribution is -2.74. The Morgan fingerprint density at radius 2 is 1.63 bits per heavy atom. The van der Waals surface area contributed by atoms with Crippen LogP contribution in [0.25, 0.3) is 0 Å². The number of rotatable bonds is 15. The van der Waals surface area contributed by atoms with Gasteiger partial charge in [0.1, 0.15) is 41.6 Å². The van der Waals surface area contributed by atoms with Gasteiger partial charge in [-0.1, -0.05) is 39.3 Å². The largest absolute Gasteiger partial charge is 0.496 e. The summed E-state index contributed by atoms with van der Waals surface area (Å²) in [7, 11) is 3.13. The summed E-state index contributed by atoms with van der Waals surface area (Å²) in [5, 5.41) is 15.1. The number of nitrogens with one attached hydrogen (secondary N) is 2. The van der Waals surface area contributed by atoms with Gasteiger partial charge >= 0.3 is 0 Å². The number of piperidine rings is 2. The number of carbonyl (C=O) groups is 5. The van der Waals surface area contributed by atoms with Crippen LogP contribution in [0.1, 0.15) is 103 Å². The molecule has 344 valence electrons. The first-order valence-electron chi connectivity index (χ1n) is 22.4. The minimum Gasteiger partial charge on any atom is -0.496 e. The molecule has 1 atom stereocenters. The Labute approximate surface area is 384 Å². The van der Waals surface area contributed by atoms with Crippen molar-refractivity contribution in [2.24, 2.45) is 16.7 Å². The van der Waals surface area contributed by atoms with Crippen molar-refractivity contribution in [2.75, 3.05) is 51.9 Å². The predicted octanol–water partition coefficient (Wildman–Crippen LogP) is 6.01. The van der Waals surface area contributed by atoms with Crippen LogP contribution in [0.5, 0.6) is 17.2 Å². The molecule has 2 N–H and O–H groups in total. The van der Waals surface area contributed by atoms with Gasteiger partial charge in [0.2, 0.25) is 11.8 Å². The summed E-state index contributed by atoms with van der Waals surface area (Å²) in [6.07, 6.45) is 3.44. The lowest BCUT2D eigenvalue weighted by Gasteiger charge is -2.63. The fourth-order valence-corrected chi connectivity index (χ4v) is 11.1. The number of anilines is 1. The number of benzene rings is 3. The summed E-state index contributed by atoms with van der Waals surface area (Å²) in [6, 6.07) is 17.3. The van der Waals surface area contributed by atoms with Crippen molar-refractivity contribution in [3.8, 4) is 23.3 Å². The van der Waals surface area contributed by atoms with Crippen LogP contribution in [-0.4, -0.2) is 117 Å². The van der Waals surface area contributed by atoms with Gasteiger partial charge in [-0.2, -0.15) is 5.26 Å². The SMILES string of the molecule is COCCN(CC1CCN(c2ccc(C(=O)NC3C(C)(C)C(Oc4ccc(C#N)c(Cl)c4)C3(C)C)cc2)CC1)C1CC(Oc2cc(OC)c3c(c2)C(=O)N(C2CCC(=O)NC2=O)C3=O)C1. The molecule has 65 heavy (non-hydrogen) atoms. The predicted molar refractivity (Wildman–Crippen MR) is 241 cm³/mol. The second-order valence-electron chi connectivity index (χ2n) is 19.1. The Kier molecular flexibility index (Phi) is 12.9. The zero-order valence-electron chi connectivity index (χ0n) is 37.8. The highest BCUT2D eigenvalue weighted by Gasteiger charge is 2.64. The first-order chi connectivity index (χ1) is 31.0. The van der Waals surface area contributed by atoms with E-state index in [1.807, 2.05) is 24.3 Å². The Morgan fingerprint density at radius 1 is 0.923 bits per heavy atom. The molecular formula is C49H57ClN6O9. The van der Waals surface area contributed by atoms with Crippen molar-refractivity contribution in [2.45, 2.75) is 96.6 Å². The number of amides is 5. The molecule has 16 heteroatoms. The molecule has 0 spiro atoms. The average molecular weight is 909 g/mol. The van der Waals surface area contributed by atoms with Gasteiger partial charge in [0, 0.05) is 98.8 Å². The highest BCUT2D eigenvalue weighted by molar-refractivity contribution is 6.31. The summed E-state index contributed by atoms with van der Waals surface area (Å²) in [4.78, 5) is 70.6. The number of nitrogens with zero attached hydrogens (tertiary/aromatic N) is 4. The lowest BCUT2D eigenvalue weighted by molar-refractivity contribution is -0.164. The van der Waals surface area contributed by atoms with Gasteiger partial charge in [0.15, 0.2) is 0 Å². The van der Waals surface area contributed by atoms with Gasteiger partial charge in [-0.15, -0.1) is 0 Å². The second kappa shape index (κ2) is 18.3. The fraction of sp³-hybridized carbons (Fsp3) is 0.510. The molecule has 2 aliphatic carbocycles. The van der Waals surface area contributed by atoms with Crippen LogP contribution in [-0.2, 0) is 14.3 Å². The molecule has 2 saturated heterocycles. The third kappa shape index (κ3) is 8.88. The van der Waals surface area contributed by atoms with E-state index < -0.39 is 29.7 Å². The van der Waals surface area contributed by atoms with Crippen molar-refractivity contribution in [1.29, 1.82) is 5.26 Å². The maximum Gasteiger partial charge on any atom is 0.266 e. The number of imide groups is 2. The van der Waals surface area contributed by atoms with Crippen molar-refractivity contribution in [1.82, 2.24) is 20.4 Å². The number of ether oxygens (including phenoxy) is 4. The number of methoxy groups -OCH3 is 2. The average Bonchev–Trinajstić information content (AvgIpc) is 3.52. The van der Waals surface area contributed by atoms with E-state index in [2.05, 4.69) is 54.2 Å². The van der Waals surface area contributed by atoms with E-state index in [1.165, 1.54) is 7.11 Å². The summed E-state index contributed by atoms with van der Waals surface area (Å²) in [5.41, 5.74) is 1.55. The van der Waals surface area contributed by atoms with Gasteiger partial charge in [-0.25, -0.2) is 0 Å². The summed E-state index contributed by atoms with van der Waals surface area (Å²) < 4.78 is 23.8. The first-order valence-corrected chi connectivity index (χ1v) is 22.8. The van der Waals surface area contributed by atoms with Gasteiger partial charge in [0.25, 0.3) is 17.7 Å². The first kappa shape index (κ1) is 45.9. The van der Waals surface area contributed by atoms with Crippen LogP contribution in [0.3, 0.4) is 0 Å². The van der Waals surface area contributed by atoms with Crippen LogP contribution >= 0.6 is 11.6 Å². The van der Waals surface area contributed by atoms with Crippen molar-refractivity contribution in [3.63, 3.8) is 0 Å². The van der Waals surface area contributed by atoms with E-state index in [-0.39, 0.29) is 64.7 Å². The number of hydrogen-bond acceptors (Lipinski definition) is 12. The number of hydrogen-bond donors (Lipinski definition) is 2. The number of carbonyl (C=O) groups excluding carboxylic acids is 5. The molecule has 0 radical (unpaired) electrons. The van der Waals surface area contributed by atoms with Crippen molar-refractivity contribution >= 4 is 46.8 Å². The topological polar surface area (TPSA) is 180 Å².